The van der Waals surface area contributed by atoms with Gasteiger partial charge in [-0.15, -0.1) is 0 Å². The van der Waals surface area contributed by atoms with Gasteiger partial charge in [0.25, 0.3) is 5.91 Å². The van der Waals surface area contributed by atoms with E-state index in [4.69, 9.17) is 0 Å². The fourth-order valence-corrected chi connectivity index (χ4v) is 6.40. The molecule has 3 aliphatic rings. The highest BCUT2D eigenvalue weighted by atomic mass is 16.2. The molecule has 0 unspecified atom stereocenters. The lowest BCUT2D eigenvalue weighted by atomic mass is 9.92. The topological polar surface area (TPSA) is 62.9 Å². The van der Waals surface area contributed by atoms with E-state index >= 15 is 0 Å². The van der Waals surface area contributed by atoms with Crippen LogP contribution in [0.3, 0.4) is 0 Å². The number of hydrogen-bond donors (Lipinski definition) is 1. The normalized spacial score (nSPS) is 22.4. The number of rotatable bonds is 5. The van der Waals surface area contributed by atoms with E-state index in [0.717, 1.165) is 75.9 Å². The van der Waals surface area contributed by atoms with Crippen LogP contribution in [0.2, 0.25) is 0 Å². The van der Waals surface area contributed by atoms with Crippen molar-refractivity contribution in [2.45, 2.75) is 70.0 Å². The van der Waals surface area contributed by atoms with Crippen molar-refractivity contribution < 1.29 is 9.59 Å². The van der Waals surface area contributed by atoms with Gasteiger partial charge in [0.15, 0.2) is 0 Å². The van der Waals surface area contributed by atoms with E-state index in [1.54, 1.807) is 0 Å². The van der Waals surface area contributed by atoms with Gasteiger partial charge in [-0.3, -0.25) is 14.5 Å². The van der Waals surface area contributed by atoms with Crippen LogP contribution in [0.5, 0.6) is 0 Å². The van der Waals surface area contributed by atoms with Crippen LogP contribution < -0.4 is 0 Å². The van der Waals surface area contributed by atoms with Crippen LogP contribution in [0.1, 0.15) is 62.2 Å². The van der Waals surface area contributed by atoms with Gasteiger partial charge in [-0.1, -0.05) is 25.3 Å². The lowest BCUT2D eigenvalue weighted by Crippen LogP contribution is -2.59. The first-order chi connectivity index (χ1) is 17.0. The molecular weight excluding hydrogens is 438 g/mol. The SMILES string of the molecule is C[C@H](C(=O)N1CCN(C2CCN(C)CC2)CC1)N(C(=O)c1ccc2cc[nH]c2c1)C1CCCCC1. The van der Waals surface area contributed by atoms with Crippen molar-refractivity contribution >= 4 is 22.7 Å². The van der Waals surface area contributed by atoms with E-state index in [9.17, 15) is 9.59 Å². The maximum atomic E-state index is 13.9. The van der Waals surface area contributed by atoms with E-state index in [1.807, 2.05) is 47.2 Å². The summed E-state index contributed by atoms with van der Waals surface area (Å²) in [7, 11) is 2.20. The number of piperazine rings is 1. The summed E-state index contributed by atoms with van der Waals surface area (Å²) in [5.41, 5.74) is 1.63. The van der Waals surface area contributed by atoms with Crippen molar-refractivity contribution in [1.29, 1.82) is 0 Å². The number of hydrogen-bond acceptors (Lipinski definition) is 4. The van der Waals surface area contributed by atoms with Gasteiger partial charge in [0.2, 0.25) is 5.91 Å². The molecule has 2 aliphatic heterocycles. The third kappa shape index (κ3) is 5.26. The number of nitrogens with one attached hydrogen (secondary N) is 1. The summed E-state index contributed by atoms with van der Waals surface area (Å²) >= 11 is 0. The molecule has 35 heavy (non-hydrogen) atoms. The van der Waals surface area contributed by atoms with Crippen molar-refractivity contribution in [3.05, 3.63) is 36.0 Å². The zero-order valence-electron chi connectivity index (χ0n) is 21.4. The second-order valence-electron chi connectivity index (χ2n) is 10.9. The van der Waals surface area contributed by atoms with Crippen molar-refractivity contribution in [1.82, 2.24) is 24.6 Å². The Hall–Kier alpha value is -2.38. The highest BCUT2D eigenvalue weighted by molar-refractivity contribution is 6.00. The summed E-state index contributed by atoms with van der Waals surface area (Å²) < 4.78 is 0. The van der Waals surface area contributed by atoms with Gasteiger partial charge in [0.1, 0.15) is 6.04 Å². The van der Waals surface area contributed by atoms with Crippen molar-refractivity contribution in [2.24, 2.45) is 0 Å². The minimum Gasteiger partial charge on any atom is -0.361 e. The largest absolute Gasteiger partial charge is 0.361 e. The second-order valence-corrected chi connectivity index (χ2v) is 10.9. The maximum Gasteiger partial charge on any atom is 0.254 e. The van der Waals surface area contributed by atoms with E-state index in [0.29, 0.717) is 11.6 Å². The van der Waals surface area contributed by atoms with E-state index in [2.05, 4.69) is 21.8 Å². The second kappa shape index (κ2) is 10.7. The van der Waals surface area contributed by atoms with Gasteiger partial charge in [-0.05, 0) is 76.3 Å². The van der Waals surface area contributed by atoms with Gasteiger partial charge < -0.3 is 19.7 Å². The lowest BCUT2D eigenvalue weighted by Gasteiger charge is -2.44. The molecule has 3 fully saturated rings. The van der Waals surface area contributed by atoms with E-state index in [1.165, 1.54) is 19.3 Å². The molecule has 1 aromatic heterocycles. The fourth-order valence-electron chi connectivity index (χ4n) is 6.40. The summed E-state index contributed by atoms with van der Waals surface area (Å²) in [4.78, 5) is 39.7. The number of benzene rings is 1. The summed E-state index contributed by atoms with van der Waals surface area (Å²) in [6, 6.07) is 8.18. The molecule has 7 nitrogen and oxygen atoms in total. The zero-order chi connectivity index (χ0) is 24.4. The molecule has 5 rings (SSSR count). The predicted molar refractivity (Wildman–Crippen MR) is 139 cm³/mol. The summed E-state index contributed by atoms with van der Waals surface area (Å²) in [6.07, 6.45) is 9.77. The molecule has 1 N–H and O–H groups in total. The lowest BCUT2D eigenvalue weighted by molar-refractivity contribution is -0.138. The highest BCUT2D eigenvalue weighted by Crippen LogP contribution is 2.28. The minimum atomic E-state index is -0.445. The molecule has 3 heterocycles. The Kier molecular flexibility index (Phi) is 7.44. The van der Waals surface area contributed by atoms with Gasteiger partial charge in [0.05, 0.1) is 0 Å². The number of carbonyl (C=O) groups excluding carboxylic acids is 2. The fraction of sp³-hybridized carbons (Fsp3) is 0.643. The van der Waals surface area contributed by atoms with Crippen molar-refractivity contribution in [2.75, 3.05) is 46.3 Å². The molecular formula is C28H41N5O2. The molecule has 1 aromatic carbocycles. The number of aromatic amines is 1. The Morgan fingerprint density at radius 3 is 2.37 bits per heavy atom. The predicted octanol–water partition coefficient (Wildman–Crippen LogP) is 3.57. The average Bonchev–Trinajstić information content (AvgIpc) is 3.37. The first-order valence-corrected chi connectivity index (χ1v) is 13.6. The van der Waals surface area contributed by atoms with Gasteiger partial charge in [-0.25, -0.2) is 0 Å². The molecule has 2 aromatic rings. The summed E-state index contributed by atoms with van der Waals surface area (Å²) in [5, 5.41) is 1.09. The molecule has 0 radical (unpaired) electrons. The Morgan fingerprint density at radius 2 is 1.66 bits per heavy atom. The number of nitrogens with zero attached hydrogens (tertiary/aromatic N) is 4. The maximum absolute atomic E-state index is 13.9. The van der Waals surface area contributed by atoms with Crippen LogP contribution in [0.15, 0.2) is 30.5 Å². The summed E-state index contributed by atoms with van der Waals surface area (Å²) in [6.45, 7) is 7.67. The standard InChI is InChI=1S/C28H41N5O2/c1-21(27(34)32-18-16-31(17-19-32)24-11-14-30(2)15-12-24)33(25-6-4-3-5-7-25)28(35)23-9-8-22-10-13-29-26(22)20-23/h8-10,13,20-21,24-25,29H,3-7,11-12,14-19H2,1-2H3/t21-/m1/s1. The molecule has 1 saturated carbocycles. The Labute approximate surface area is 209 Å². The molecule has 1 atom stereocenters. The van der Waals surface area contributed by atoms with E-state index in [-0.39, 0.29) is 17.9 Å². The van der Waals surface area contributed by atoms with Crippen LogP contribution in [-0.4, -0.2) is 101 Å². The van der Waals surface area contributed by atoms with E-state index < -0.39 is 6.04 Å². The number of H-pyrrole nitrogens is 1. The molecule has 0 spiro atoms. The first kappa shape index (κ1) is 24.3. The smallest absolute Gasteiger partial charge is 0.254 e. The Morgan fingerprint density at radius 1 is 0.943 bits per heavy atom. The Bertz CT molecular complexity index is 1010. The van der Waals surface area contributed by atoms with Crippen molar-refractivity contribution in [3.63, 3.8) is 0 Å². The minimum absolute atomic E-state index is 0.0146. The van der Waals surface area contributed by atoms with Crippen LogP contribution in [0.4, 0.5) is 0 Å². The number of carbonyl (C=O) groups is 2. The quantitative estimate of drug-likeness (QED) is 0.712. The van der Waals surface area contributed by atoms with Crippen LogP contribution >= 0.6 is 0 Å². The zero-order valence-corrected chi connectivity index (χ0v) is 21.4. The van der Waals surface area contributed by atoms with Crippen LogP contribution in [0, 0.1) is 0 Å². The monoisotopic (exact) mass is 479 g/mol. The third-order valence-corrected chi connectivity index (χ3v) is 8.61. The number of amides is 2. The summed E-state index contributed by atoms with van der Waals surface area (Å²) in [5.74, 6) is 0.0899. The number of aromatic nitrogens is 1. The van der Waals surface area contributed by atoms with Gasteiger partial charge in [-0.2, -0.15) is 0 Å². The number of likely N-dealkylation sites (tertiary alicyclic amines) is 1. The molecule has 0 bridgehead atoms. The Balaban J connectivity index is 1.28. The number of piperidine rings is 1. The van der Waals surface area contributed by atoms with Crippen LogP contribution in [-0.2, 0) is 4.79 Å². The molecule has 1 aliphatic carbocycles. The highest BCUT2D eigenvalue weighted by Gasteiger charge is 2.37. The molecule has 7 heteroatoms. The molecule has 2 saturated heterocycles. The first-order valence-electron chi connectivity index (χ1n) is 13.6. The number of fused-ring (bicyclic) bond motifs is 1. The average molecular weight is 480 g/mol. The van der Waals surface area contributed by atoms with Gasteiger partial charge in [0, 0.05) is 55.5 Å². The van der Waals surface area contributed by atoms with Gasteiger partial charge >= 0.3 is 0 Å². The van der Waals surface area contributed by atoms with Crippen LogP contribution in [0.25, 0.3) is 10.9 Å². The van der Waals surface area contributed by atoms with Crippen molar-refractivity contribution in [3.8, 4) is 0 Å². The third-order valence-electron chi connectivity index (χ3n) is 8.61. The molecule has 2 amide bonds. The molecule has 190 valence electrons.